The minimum absolute atomic E-state index is 0.148. The molecule has 0 aliphatic carbocycles. The van der Waals surface area contributed by atoms with E-state index < -0.39 is 17.2 Å². The van der Waals surface area contributed by atoms with Gasteiger partial charge in [0.1, 0.15) is 11.8 Å². The van der Waals surface area contributed by atoms with E-state index >= 15 is 0 Å². The van der Waals surface area contributed by atoms with Crippen LogP contribution in [0.4, 0.5) is 5.69 Å². The van der Waals surface area contributed by atoms with Gasteiger partial charge in [0.15, 0.2) is 11.5 Å². The molecule has 0 unspecified atom stereocenters. The maximum atomic E-state index is 9.76. The molecule has 2 rings (SSSR count). The number of methoxy groups -OCH3 is 1. The van der Waals surface area contributed by atoms with Gasteiger partial charge in [-0.25, -0.2) is 0 Å². The lowest BCUT2D eigenvalue weighted by Crippen LogP contribution is -2.03. The molecule has 0 aliphatic heterocycles. The summed E-state index contributed by atoms with van der Waals surface area (Å²) in [5.74, 6) is -0.881. The first-order valence-electron chi connectivity index (χ1n) is 6.12. The second kappa shape index (κ2) is 5.92. The van der Waals surface area contributed by atoms with Crippen molar-refractivity contribution >= 4 is 5.69 Å². The van der Waals surface area contributed by atoms with Crippen LogP contribution in [0.3, 0.4) is 0 Å². The van der Waals surface area contributed by atoms with Crippen LogP contribution in [-0.2, 0) is 6.54 Å². The highest BCUT2D eigenvalue weighted by Gasteiger charge is 2.13. The monoisotopic (exact) mass is 286 g/mol. The number of nitrogens with zero attached hydrogens (tertiary/aromatic N) is 1. The van der Waals surface area contributed by atoms with E-state index in [-0.39, 0.29) is 6.54 Å². The summed E-state index contributed by atoms with van der Waals surface area (Å²) in [6.45, 7) is 0.148. The number of benzene rings is 2. The molecule has 0 fully saturated rings. The lowest BCUT2D eigenvalue weighted by atomic mass is 10.1. The molecule has 0 saturated heterocycles. The highest BCUT2D eigenvalue weighted by atomic mass is 16.5. The zero-order chi connectivity index (χ0) is 15.4. The smallest absolute Gasteiger partial charge is 0.200 e. The molecule has 6 heteroatoms. The Kier molecular flexibility index (Phi) is 4.05. The molecule has 2 aromatic rings. The van der Waals surface area contributed by atoms with Crippen LogP contribution in [-0.4, -0.2) is 22.4 Å². The molecule has 4 N–H and O–H groups in total. The highest BCUT2D eigenvalue weighted by molar-refractivity contribution is 5.67. The number of anilines is 1. The van der Waals surface area contributed by atoms with Crippen LogP contribution in [0.5, 0.6) is 23.0 Å². The van der Waals surface area contributed by atoms with E-state index in [1.165, 1.54) is 19.2 Å². The molecule has 0 heterocycles. The fourth-order valence-electron chi connectivity index (χ4n) is 1.91. The fraction of sp³-hybridized carbons (Fsp3) is 0.133. The SMILES string of the molecule is COc1cccc(C#N)c1NCc1ccc(O)c(O)c1O. The van der Waals surface area contributed by atoms with Crippen LogP contribution in [0.25, 0.3) is 0 Å². The molecule has 0 atom stereocenters. The van der Waals surface area contributed by atoms with E-state index in [1.807, 2.05) is 6.07 Å². The Morgan fingerprint density at radius 3 is 2.57 bits per heavy atom. The van der Waals surface area contributed by atoms with Crippen molar-refractivity contribution in [3.05, 3.63) is 41.5 Å². The standard InChI is InChI=1S/C15H14N2O4/c1-21-12-4-2-3-9(7-16)13(12)17-8-10-5-6-11(18)15(20)14(10)19/h2-6,17-20H,8H2,1H3. The summed E-state index contributed by atoms with van der Waals surface area (Å²) >= 11 is 0. The van der Waals surface area contributed by atoms with Crippen LogP contribution in [0.15, 0.2) is 30.3 Å². The zero-order valence-corrected chi connectivity index (χ0v) is 11.3. The quantitative estimate of drug-likeness (QED) is 0.643. The number of nitrogens with one attached hydrogen (secondary N) is 1. The normalized spacial score (nSPS) is 9.90. The first-order valence-corrected chi connectivity index (χ1v) is 6.12. The summed E-state index contributed by atoms with van der Waals surface area (Å²) < 4.78 is 5.18. The summed E-state index contributed by atoms with van der Waals surface area (Å²) in [6.07, 6.45) is 0. The number of para-hydroxylation sites is 1. The van der Waals surface area contributed by atoms with Crippen molar-refractivity contribution in [1.82, 2.24) is 0 Å². The molecule has 0 spiro atoms. The number of nitriles is 1. The van der Waals surface area contributed by atoms with Gasteiger partial charge in [0.05, 0.1) is 18.4 Å². The predicted molar refractivity (Wildman–Crippen MR) is 76.5 cm³/mol. The molecule has 0 aromatic heterocycles. The van der Waals surface area contributed by atoms with Crippen LogP contribution >= 0.6 is 0 Å². The van der Waals surface area contributed by atoms with Gasteiger partial charge in [0.25, 0.3) is 0 Å². The molecule has 21 heavy (non-hydrogen) atoms. The fourth-order valence-corrected chi connectivity index (χ4v) is 1.91. The number of ether oxygens (including phenoxy) is 1. The van der Waals surface area contributed by atoms with E-state index in [0.717, 1.165) is 0 Å². The summed E-state index contributed by atoms with van der Waals surface area (Å²) in [5.41, 5.74) is 1.27. The molecule has 0 saturated carbocycles. The van der Waals surface area contributed by atoms with Gasteiger partial charge in [-0.15, -0.1) is 0 Å². The maximum Gasteiger partial charge on any atom is 0.200 e. The number of hydrogen-bond donors (Lipinski definition) is 4. The van der Waals surface area contributed by atoms with Gasteiger partial charge in [0.2, 0.25) is 5.75 Å². The molecule has 2 aromatic carbocycles. The molecular formula is C15H14N2O4. The van der Waals surface area contributed by atoms with E-state index in [1.54, 1.807) is 18.2 Å². The van der Waals surface area contributed by atoms with E-state index in [4.69, 9.17) is 10.00 Å². The number of rotatable bonds is 4. The predicted octanol–water partition coefficient (Wildman–Crippen LogP) is 2.30. The lowest BCUT2D eigenvalue weighted by Gasteiger charge is -2.14. The molecule has 0 amide bonds. The Labute approximate surface area is 121 Å². The van der Waals surface area contributed by atoms with Crippen LogP contribution in [0.2, 0.25) is 0 Å². The van der Waals surface area contributed by atoms with E-state index in [9.17, 15) is 15.3 Å². The van der Waals surface area contributed by atoms with Crippen LogP contribution < -0.4 is 10.1 Å². The van der Waals surface area contributed by atoms with Crippen LogP contribution in [0, 0.1) is 11.3 Å². The summed E-state index contributed by atoms with van der Waals surface area (Å²) in [4.78, 5) is 0. The first kappa shape index (κ1) is 14.3. The first-order chi connectivity index (χ1) is 10.1. The van der Waals surface area contributed by atoms with Gasteiger partial charge < -0.3 is 25.4 Å². The van der Waals surface area contributed by atoms with Gasteiger partial charge in [-0.2, -0.15) is 5.26 Å². The largest absolute Gasteiger partial charge is 0.504 e. The van der Waals surface area contributed by atoms with E-state index in [2.05, 4.69) is 5.32 Å². The minimum atomic E-state index is -0.574. The third-order valence-electron chi connectivity index (χ3n) is 3.04. The Balaban J connectivity index is 2.29. The van der Waals surface area contributed by atoms with Gasteiger partial charge in [-0.05, 0) is 24.3 Å². The number of aromatic hydroxyl groups is 3. The molecule has 108 valence electrons. The van der Waals surface area contributed by atoms with Gasteiger partial charge in [0, 0.05) is 12.1 Å². The van der Waals surface area contributed by atoms with Crippen LogP contribution in [0.1, 0.15) is 11.1 Å². The van der Waals surface area contributed by atoms with Crippen molar-refractivity contribution in [3.63, 3.8) is 0 Å². The van der Waals surface area contributed by atoms with Gasteiger partial charge in [-0.3, -0.25) is 0 Å². The van der Waals surface area contributed by atoms with Crippen molar-refractivity contribution in [2.24, 2.45) is 0 Å². The van der Waals surface area contributed by atoms with Gasteiger partial charge in [-0.1, -0.05) is 6.07 Å². The van der Waals surface area contributed by atoms with Crippen molar-refractivity contribution in [3.8, 4) is 29.1 Å². The highest BCUT2D eigenvalue weighted by Crippen LogP contribution is 2.37. The molecular weight excluding hydrogens is 272 g/mol. The van der Waals surface area contributed by atoms with Crippen molar-refractivity contribution in [2.75, 3.05) is 12.4 Å². The molecule has 0 aliphatic rings. The lowest BCUT2D eigenvalue weighted by molar-refractivity contribution is 0.365. The third kappa shape index (κ3) is 2.77. The second-order valence-electron chi connectivity index (χ2n) is 4.29. The summed E-state index contributed by atoms with van der Waals surface area (Å²) in [5, 5.41) is 40.6. The molecule has 0 bridgehead atoms. The van der Waals surface area contributed by atoms with E-state index in [0.29, 0.717) is 22.6 Å². The summed E-state index contributed by atoms with van der Waals surface area (Å²) in [7, 11) is 1.49. The number of phenolic OH excluding ortho intramolecular Hbond substituents is 3. The third-order valence-corrected chi connectivity index (χ3v) is 3.04. The average Bonchev–Trinajstić information content (AvgIpc) is 2.51. The Bertz CT molecular complexity index is 708. The van der Waals surface area contributed by atoms with Crippen molar-refractivity contribution in [1.29, 1.82) is 5.26 Å². The number of hydrogen-bond acceptors (Lipinski definition) is 6. The average molecular weight is 286 g/mol. The Morgan fingerprint density at radius 1 is 1.14 bits per heavy atom. The van der Waals surface area contributed by atoms with Crippen molar-refractivity contribution in [2.45, 2.75) is 6.54 Å². The zero-order valence-electron chi connectivity index (χ0n) is 11.3. The Morgan fingerprint density at radius 2 is 1.90 bits per heavy atom. The number of phenols is 3. The van der Waals surface area contributed by atoms with Gasteiger partial charge >= 0.3 is 0 Å². The van der Waals surface area contributed by atoms with Crippen molar-refractivity contribution < 1.29 is 20.1 Å². The molecule has 0 radical (unpaired) electrons. The minimum Gasteiger partial charge on any atom is -0.504 e. The Hall–Kier alpha value is -3.07. The maximum absolute atomic E-state index is 9.76. The summed E-state index contributed by atoms with van der Waals surface area (Å²) in [6, 6.07) is 9.84. The molecule has 6 nitrogen and oxygen atoms in total. The topological polar surface area (TPSA) is 106 Å². The second-order valence-corrected chi connectivity index (χ2v) is 4.29.